The lowest BCUT2D eigenvalue weighted by molar-refractivity contribution is -0.657. The van der Waals surface area contributed by atoms with Gasteiger partial charge in [0.1, 0.15) is 5.69 Å². The average molecular weight is 598 g/mol. The zero-order chi connectivity index (χ0) is 29.6. The van der Waals surface area contributed by atoms with E-state index in [0.29, 0.717) is 5.69 Å². The summed E-state index contributed by atoms with van der Waals surface area (Å²) in [6, 6.07) is 16.0. The van der Waals surface area contributed by atoms with Crippen LogP contribution in [-0.4, -0.2) is 93.3 Å². The maximum atomic E-state index is 7.08. The number of imidazole rings is 1. The van der Waals surface area contributed by atoms with Gasteiger partial charge in [-0.3, -0.25) is 0 Å². The summed E-state index contributed by atoms with van der Waals surface area (Å²) in [6.45, 7) is 6.12. The summed E-state index contributed by atoms with van der Waals surface area (Å²) in [6.07, 6.45) is 3.93. The van der Waals surface area contributed by atoms with Crippen LogP contribution in [0.25, 0.3) is 0 Å². The fourth-order valence-corrected chi connectivity index (χ4v) is 6.17. The summed E-state index contributed by atoms with van der Waals surface area (Å²) in [5.41, 5.74) is 10.9. The number of azo groups is 1. The fourth-order valence-electron chi connectivity index (χ4n) is 4.01. The van der Waals surface area contributed by atoms with Gasteiger partial charge in [0.05, 0.1) is 32.2 Å². The van der Waals surface area contributed by atoms with Crippen LogP contribution in [0.5, 0.6) is 0 Å². The third kappa shape index (κ3) is 11.1. The summed E-state index contributed by atoms with van der Waals surface area (Å²) < 4.78 is 3.89. The van der Waals surface area contributed by atoms with Gasteiger partial charge in [-0.15, -0.1) is 0 Å². The molecule has 10 nitrogen and oxygen atoms in total. The maximum Gasteiger partial charge on any atom is 0.421 e. The third-order valence-electron chi connectivity index (χ3n) is 6.94. The van der Waals surface area contributed by atoms with Crippen molar-refractivity contribution in [2.24, 2.45) is 29.4 Å². The largest absolute Gasteiger partial charge is 0.421 e. The van der Waals surface area contributed by atoms with Gasteiger partial charge in [-0.25, -0.2) is 14.7 Å². The Hall–Kier alpha value is -2.93. The summed E-state index contributed by atoms with van der Waals surface area (Å²) in [5, 5.41) is 12.2. The highest BCUT2D eigenvalue weighted by molar-refractivity contribution is 8.76. The number of hydrogen-bond donors (Lipinski definition) is 1. The van der Waals surface area contributed by atoms with Gasteiger partial charge in [-0.05, 0) is 62.6 Å². The zero-order valence-corrected chi connectivity index (χ0v) is 26.9. The first-order chi connectivity index (χ1) is 19.8. The van der Waals surface area contributed by atoms with Gasteiger partial charge in [-0.1, -0.05) is 26.7 Å². The molecule has 0 saturated carbocycles. The summed E-state index contributed by atoms with van der Waals surface area (Å²) in [4.78, 5) is 9.32. The first-order valence-electron chi connectivity index (χ1n) is 13.8. The van der Waals surface area contributed by atoms with E-state index in [9.17, 15) is 0 Å². The number of nitrogens with one attached hydrogen (secondary N) is 1. The van der Waals surface area contributed by atoms with Crippen molar-refractivity contribution in [2.75, 3.05) is 88.8 Å². The minimum absolute atomic E-state index is 0.687. The predicted octanol–water partition coefficient (Wildman–Crippen LogP) is 5.75. The van der Waals surface area contributed by atoms with Crippen LogP contribution in [0.3, 0.4) is 0 Å². The number of rotatable bonds is 18. The topological polar surface area (TPSA) is 82.7 Å². The molecule has 0 fully saturated rings. The van der Waals surface area contributed by atoms with Gasteiger partial charge in [0.2, 0.25) is 0 Å². The summed E-state index contributed by atoms with van der Waals surface area (Å²) in [7, 11) is 16.5. The highest BCUT2D eigenvalue weighted by Crippen LogP contribution is 2.22. The van der Waals surface area contributed by atoms with Gasteiger partial charge in [0.25, 0.3) is 0 Å². The van der Waals surface area contributed by atoms with E-state index in [2.05, 4.69) is 75.3 Å². The molecule has 0 spiro atoms. The molecule has 12 heteroatoms. The van der Waals surface area contributed by atoms with Gasteiger partial charge >= 0.3 is 5.95 Å². The molecule has 0 unspecified atom stereocenters. The Labute approximate surface area is 253 Å². The molecule has 41 heavy (non-hydrogen) atoms. The molecule has 0 saturated heterocycles. The molecule has 0 aliphatic heterocycles. The number of nitrogens with zero attached hydrogens (tertiary/aromatic N) is 9. The summed E-state index contributed by atoms with van der Waals surface area (Å²) >= 11 is 0. The monoisotopic (exact) mass is 597 g/mol. The van der Waals surface area contributed by atoms with E-state index < -0.39 is 0 Å². The number of anilines is 2. The molecule has 3 rings (SSSR count). The van der Waals surface area contributed by atoms with Crippen molar-refractivity contribution in [3.63, 3.8) is 0 Å². The van der Waals surface area contributed by atoms with Crippen molar-refractivity contribution in [3.05, 3.63) is 60.9 Å². The lowest BCUT2D eigenvalue weighted by Gasteiger charge is -2.24. The molecule has 2 aromatic carbocycles. The first kappa shape index (κ1) is 32.6. The Bertz CT molecular complexity index is 1190. The molecular weight excluding hydrogens is 553 g/mol. The van der Waals surface area contributed by atoms with Crippen molar-refractivity contribution < 1.29 is 4.57 Å². The lowest BCUT2D eigenvalue weighted by atomic mass is 10.2. The molecule has 0 amide bonds. The standard InChI is InChI=1S/C29H45N10S2/c1-34(15-17-36(3)27-11-7-25(31-30)8-12-27)21-23-40-41-24-22-35(2)16-18-37(4)28-13-9-26(10-14-28)32-33-29-38(5)19-20-39(29)6/h7-14,19-20,30H,15-18,21-24H2,1-6H3/q+1. The molecule has 1 aromatic heterocycles. The van der Waals surface area contributed by atoms with Gasteiger partial charge < -0.3 is 19.6 Å². The van der Waals surface area contributed by atoms with Gasteiger partial charge in [-0.2, -0.15) is 5.11 Å². The Morgan fingerprint density at radius 2 is 1.20 bits per heavy atom. The zero-order valence-electron chi connectivity index (χ0n) is 25.3. The minimum Gasteiger partial charge on any atom is -0.373 e. The second-order valence-electron chi connectivity index (χ2n) is 10.3. The third-order valence-corrected chi connectivity index (χ3v) is 9.31. The molecule has 1 N–H and O–H groups in total. The Morgan fingerprint density at radius 1 is 0.707 bits per heavy atom. The molecule has 0 aliphatic carbocycles. The number of benzene rings is 2. The van der Waals surface area contributed by atoms with Crippen LogP contribution in [0, 0.1) is 5.53 Å². The van der Waals surface area contributed by atoms with Crippen LogP contribution in [0.1, 0.15) is 0 Å². The average Bonchev–Trinajstić information content (AvgIpc) is 3.31. The summed E-state index contributed by atoms with van der Waals surface area (Å²) in [5.74, 6) is 3.05. The van der Waals surface area contributed by atoms with E-state index in [1.54, 1.807) is 0 Å². The fraction of sp³-hybridized carbons (Fsp3) is 0.483. The highest BCUT2D eigenvalue weighted by Gasteiger charge is 2.11. The number of aromatic nitrogens is 2. The highest BCUT2D eigenvalue weighted by atomic mass is 33.1. The van der Waals surface area contributed by atoms with Crippen molar-refractivity contribution >= 4 is 50.3 Å². The Kier molecular flexibility index (Phi) is 13.6. The van der Waals surface area contributed by atoms with Crippen LogP contribution < -0.4 is 14.4 Å². The molecule has 0 atom stereocenters. The van der Waals surface area contributed by atoms with Gasteiger partial charge in [0.15, 0.2) is 0 Å². The van der Waals surface area contributed by atoms with E-state index >= 15 is 0 Å². The smallest absolute Gasteiger partial charge is 0.373 e. The molecule has 222 valence electrons. The van der Waals surface area contributed by atoms with E-state index in [1.165, 1.54) is 5.69 Å². The van der Waals surface area contributed by atoms with Crippen molar-refractivity contribution in [1.82, 2.24) is 14.4 Å². The quantitative estimate of drug-likeness (QED) is 0.0871. The molecular formula is C29H45N10S2+. The van der Waals surface area contributed by atoms with E-state index in [-0.39, 0.29) is 0 Å². The molecule has 0 bridgehead atoms. The lowest BCUT2D eigenvalue weighted by Crippen LogP contribution is -2.32. The second-order valence-corrected chi connectivity index (χ2v) is 13.0. The second kappa shape index (κ2) is 17.1. The first-order valence-corrected chi connectivity index (χ1v) is 16.3. The molecule has 0 radical (unpaired) electrons. The molecule has 1 heterocycles. The van der Waals surface area contributed by atoms with Crippen LogP contribution in [0.2, 0.25) is 0 Å². The number of aryl methyl sites for hydroxylation is 2. The molecule has 0 aliphatic rings. The van der Waals surface area contributed by atoms with Crippen LogP contribution in [-0.2, 0) is 14.1 Å². The minimum atomic E-state index is 0.687. The Morgan fingerprint density at radius 3 is 1.63 bits per heavy atom. The normalized spacial score (nSPS) is 11.6. The number of hydrogen-bond acceptors (Lipinski definition) is 10. The van der Waals surface area contributed by atoms with Gasteiger partial charge in [0, 0.05) is 81.4 Å². The predicted molar refractivity (Wildman–Crippen MR) is 175 cm³/mol. The Balaban J connectivity index is 1.24. The van der Waals surface area contributed by atoms with Crippen molar-refractivity contribution in [3.8, 4) is 0 Å². The van der Waals surface area contributed by atoms with Crippen LogP contribution >= 0.6 is 21.6 Å². The number of likely N-dealkylation sites (N-methyl/N-ethyl adjacent to an activating group) is 4. The van der Waals surface area contributed by atoms with E-state index in [4.69, 9.17) is 5.53 Å². The SMILES string of the molecule is CN(CCSSCCN(C)CCN(C)c1ccc(N=Nc2n(C)cc[n+]2C)cc1)CCN(C)c1ccc(N=N)cc1. The molecule has 3 aromatic rings. The maximum absolute atomic E-state index is 7.08. The van der Waals surface area contributed by atoms with Crippen molar-refractivity contribution in [2.45, 2.75) is 0 Å². The van der Waals surface area contributed by atoms with Crippen LogP contribution in [0.4, 0.5) is 28.7 Å². The van der Waals surface area contributed by atoms with Crippen LogP contribution in [0.15, 0.2) is 76.3 Å². The van der Waals surface area contributed by atoms with E-state index in [1.807, 2.05) is 93.6 Å². The van der Waals surface area contributed by atoms with E-state index in [0.717, 1.165) is 68.1 Å². The van der Waals surface area contributed by atoms with Crippen molar-refractivity contribution in [1.29, 1.82) is 5.53 Å².